The summed E-state index contributed by atoms with van der Waals surface area (Å²) in [5, 5.41) is 3.44. The molecule has 2 saturated heterocycles. The number of benzene rings is 1. The van der Waals surface area contributed by atoms with Gasteiger partial charge in [-0.3, -0.25) is 9.80 Å². The van der Waals surface area contributed by atoms with Crippen LogP contribution in [0.5, 0.6) is 17.2 Å². The Morgan fingerprint density at radius 2 is 1.92 bits per heavy atom. The molecular formula is C19H29N3O4. The average Bonchev–Trinajstić information content (AvgIpc) is 3.32. The van der Waals surface area contributed by atoms with E-state index in [1.54, 1.807) is 7.11 Å². The molecule has 3 heterocycles. The molecule has 2 fully saturated rings. The highest BCUT2D eigenvalue weighted by Crippen LogP contribution is 2.39. The van der Waals surface area contributed by atoms with Gasteiger partial charge in [-0.25, -0.2) is 0 Å². The minimum atomic E-state index is 0.283. The van der Waals surface area contributed by atoms with Gasteiger partial charge in [-0.1, -0.05) is 0 Å². The molecule has 1 N–H and O–H groups in total. The fourth-order valence-corrected chi connectivity index (χ4v) is 4.00. The average molecular weight is 363 g/mol. The van der Waals surface area contributed by atoms with Gasteiger partial charge in [0.05, 0.1) is 6.61 Å². The van der Waals surface area contributed by atoms with Crippen molar-refractivity contribution in [1.29, 1.82) is 0 Å². The zero-order valence-corrected chi connectivity index (χ0v) is 15.5. The van der Waals surface area contributed by atoms with Gasteiger partial charge in [0.15, 0.2) is 11.5 Å². The second kappa shape index (κ2) is 8.43. The van der Waals surface area contributed by atoms with Gasteiger partial charge in [-0.2, -0.15) is 0 Å². The maximum Gasteiger partial charge on any atom is 0.231 e. The Bertz CT molecular complexity index is 607. The highest BCUT2D eigenvalue weighted by Gasteiger charge is 2.29. The molecule has 1 atom stereocenters. The number of hydrogen-bond acceptors (Lipinski definition) is 7. The molecule has 0 spiro atoms. The van der Waals surface area contributed by atoms with Crippen LogP contribution in [0.25, 0.3) is 0 Å². The van der Waals surface area contributed by atoms with Gasteiger partial charge in [0.1, 0.15) is 12.4 Å². The van der Waals surface area contributed by atoms with Gasteiger partial charge >= 0.3 is 0 Å². The van der Waals surface area contributed by atoms with E-state index in [0.717, 1.165) is 68.6 Å². The Balaban J connectivity index is 1.41. The van der Waals surface area contributed by atoms with Crippen LogP contribution in [0.4, 0.5) is 0 Å². The largest absolute Gasteiger partial charge is 0.491 e. The number of hydrogen-bond donors (Lipinski definition) is 1. The van der Waals surface area contributed by atoms with Crippen LogP contribution in [0, 0.1) is 0 Å². The highest BCUT2D eigenvalue weighted by molar-refractivity contribution is 5.51. The predicted molar refractivity (Wildman–Crippen MR) is 98.1 cm³/mol. The van der Waals surface area contributed by atoms with E-state index in [4.69, 9.17) is 18.9 Å². The second-order valence-corrected chi connectivity index (χ2v) is 7.12. The smallest absolute Gasteiger partial charge is 0.231 e. The number of nitrogens with zero attached hydrogens (tertiary/aromatic N) is 2. The maximum absolute atomic E-state index is 5.95. The minimum absolute atomic E-state index is 0.283. The molecule has 26 heavy (non-hydrogen) atoms. The van der Waals surface area contributed by atoms with E-state index in [0.29, 0.717) is 19.3 Å². The fraction of sp³-hybridized carbons (Fsp3) is 0.684. The van der Waals surface area contributed by atoms with Gasteiger partial charge in [-0.15, -0.1) is 0 Å². The Kier molecular flexibility index (Phi) is 5.79. The number of piperazine rings is 1. The first kappa shape index (κ1) is 17.9. The Hall–Kier alpha value is -1.54. The summed E-state index contributed by atoms with van der Waals surface area (Å²) in [7, 11) is 1.68. The van der Waals surface area contributed by atoms with Gasteiger partial charge in [0.25, 0.3) is 0 Å². The predicted octanol–water partition coefficient (Wildman–Crippen LogP) is 0.920. The fourth-order valence-electron chi connectivity index (χ4n) is 4.00. The van der Waals surface area contributed by atoms with Crippen LogP contribution < -0.4 is 19.5 Å². The van der Waals surface area contributed by atoms with Crippen LogP contribution >= 0.6 is 0 Å². The lowest BCUT2D eigenvalue weighted by atomic mass is 10.1. The summed E-state index contributed by atoms with van der Waals surface area (Å²) in [5.74, 6) is 2.45. The molecule has 1 aromatic rings. The number of fused-ring (bicyclic) bond motifs is 1. The lowest BCUT2D eigenvalue weighted by molar-refractivity contribution is 0.144. The van der Waals surface area contributed by atoms with Crippen LogP contribution in [-0.2, 0) is 11.3 Å². The summed E-state index contributed by atoms with van der Waals surface area (Å²) in [4.78, 5) is 5.15. The number of rotatable bonds is 7. The van der Waals surface area contributed by atoms with E-state index in [-0.39, 0.29) is 6.79 Å². The van der Waals surface area contributed by atoms with Gasteiger partial charge in [0, 0.05) is 70.6 Å². The van der Waals surface area contributed by atoms with Crippen molar-refractivity contribution in [3.8, 4) is 17.2 Å². The number of nitrogens with one attached hydrogen (secondary N) is 1. The number of likely N-dealkylation sites (tertiary alicyclic amines) is 1. The van der Waals surface area contributed by atoms with Crippen LogP contribution in [0.2, 0.25) is 0 Å². The summed E-state index contributed by atoms with van der Waals surface area (Å²) < 4.78 is 22.1. The van der Waals surface area contributed by atoms with Crippen molar-refractivity contribution in [2.45, 2.75) is 19.0 Å². The molecule has 144 valence electrons. The molecule has 0 aliphatic carbocycles. The first-order chi connectivity index (χ1) is 12.8. The molecule has 0 aromatic heterocycles. The molecule has 0 radical (unpaired) electrons. The minimum Gasteiger partial charge on any atom is -0.491 e. The van der Waals surface area contributed by atoms with Crippen molar-refractivity contribution in [2.75, 3.05) is 66.4 Å². The lowest BCUT2D eigenvalue weighted by Gasteiger charge is -2.32. The standard InChI is InChI=1S/C19H29N3O4/c1-23-8-9-24-17-11-19-18(25-14-26-19)10-15(17)12-21-5-2-16(13-21)22-6-3-20-4-7-22/h10-11,16,20H,2-9,12-14H2,1H3. The quantitative estimate of drug-likeness (QED) is 0.723. The Labute approximate surface area is 155 Å². The molecule has 0 saturated carbocycles. The van der Waals surface area contributed by atoms with Gasteiger partial charge < -0.3 is 24.3 Å². The second-order valence-electron chi connectivity index (χ2n) is 7.12. The van der Waals surface area contributed by atoms with Gasteiger partial charge in [-0.05, 0) is 12.5 Å². The summed E-state index contributed by atoms with van der Waals surface area (Å²) in [5.41, 5.74) is 1.16. The maximum atomic E-state index is 5.95. The molecule has 3 aliphatic rings. The van der Waals surface area contributed by atoms with Crippen molar-refractivity contribution in [3.05, 3.63) is 17.7 Å². The third kappa shape index (κ3) is 4.06. The summed E-state index contributed by atoms with van der Waals surface area (Å²) >= 11 is 0. The van der Waals surface area contributed by atoms with E-state index in [2.05, 4.69) is 21.2 Å². The third-order valence-corrected chi connectivity index (χ3v) is 5.41. The van der Waals surface area contributed by atoms with E-state index in [1.165, 1.54) is 6.42 Å². The molecule has 1 aromatic carbocycles. The van der Waals surface area contributed by atoms with Crippen LogP contribution in [0.1, 0.15) is 12.0 Å². The molecule has 1 unspecified atom stereocenters. The van der Waals surface area contributed by atoms with Crippen molar-refractivity contribution in [1.82, 2.24) is 15.1 Å². The van der Waals surface area contributed by atoms with Crippen molar-refractivity contribution >= 4 is 0 Å². The van der Waals surface area contributed by atoms with E-state index in [1.807, 2.05) is 6.07 Å². The normalized spacial score (nSPS) is 23.5. The molecular weight excluding hydrogens is 334 g/mol. The molecule has 7 nitrogen and oxygen atoms in total. The molecule has 0 amide bonds. The zero-order chi connectivity index (χ0) is 17.8. The molecule has 7 heteroatoms. The first-order valence-corrected chi connectivity index (χ1v) is 9.55. The summed E-state index contributed by atoms with van der Waals surface area (Å²) in [6.45, 7) is 9.04. The molecule has 0 bridgehead atoms. The lowest BCUT2D eigenvalue weighted by Crippen LogP contribution is -2.49. The van der Waals surface area contributed by atoms with Crippen LogP contribution in [0.3, 0.4) is 0 Å². The highest BCUT2D eigenvalue weighted by atomic mass is 16.7. The van der Waals surface area contributed by atoms with Crippen molar-refractivity contribution in [2.24, 2.45) is 0 Å². The third-order valence-electron chi connectivity index (χ3n) is 5.41. The summed E-state index contributed by atoms with van der Waals surface area (Å²) in [6, 6.07) is 4.70. The van der Waals surface area contributed by atoms with Crippen LogP contribution in [0.15, 0.2) is 12.1 Å². The van der Waals surface area contributed by atoms with E-state index in [9.17, 15) is 0 Å². The monoisotopic (exact) mass is 363 g/mol. The summed E-state index contributed by atoms with van der Waals surface area (Å²) in [6.07, 6.45) is 1.24. The Morgan fingerprint density at radius 1 is 1.12 bits per heavy atom. The number of methoxy groups -OCH3 is 1. The van der Waals surface area contributed by atoms with Crippen molar-refractivity contribution < 1.29 is 18.9 Å². The van der Waals surface area contributed by atoms with Crippen molar-refractivity contribution in [3.63, 3.8) is 0 Å². The topological polar surface area (TPSA) is 55.4 Å². The van der Waals surface area contributed by atoms with E-state index < -0.39 is 0 Å². The first-order valence-electron chi connectivity index (χ1n) is 9.55. The van der Waals surface area contributed by atoms with Crippen LogP contribution in [-0.4, -0.2) is 82.2 Å². The zero-order valence-electron chi connectivity index (χ0n) is 15.5. The molecule has 4 rings (SSSR count). The Morgan fingerprint density at radius 3 is 2.73 bits per heavy atom. The van der Waals surface area contributed by atoms with Gasteiger partial charge in [0.2, 0.25) is 6.79 Å². The number of ether oxygens (including phenoxy) is 4. The van der Waals surface area contributed by atoms with E-state index >= 15 is 0 Å². The molecule has 3 aliphatic heterocycles. The SMILES string of the molecule is COCCOc1cc2c(cc1CN1CCC(N3CCNCC3)C1)OCO2.